The Morgan fingerprint density at radius 1 is 0.745 bits per heavy atom. The second-order valence-corrected chi connectivity index (χ2v) is 11.2. The van der Waals surface area contributed by atoms with Gasteiger partial charge >= 0.3 is 11.9 Å². The highest BCUT2D eigenvalue weighted by Gasteiger charge is 2.50. The van der Waals surface area contributed by atoms with Crippen molar-refractivity contribution in [1.82, 2.24) is 0 Å². The molecule has 2 aliphatic heterocycles. The molecule has 2 aliphatic rings. The number of esters is 2. The molecule has 0 aliphatic carbocycles. The number of benzene rings is 2. The number of aliphatic hydroxyl groups excluding tert-OH is 4. The van der Waals surface area contributed by atoms with Gasteiger partial charge in [0.15, 0.2) is 11.9 Å². The molecule has 47 heavy (non-hydrogen) atoms. The third kappa shape index (κ3) is 6.83. The molecular formula is C31H34O16. The van der Waals surface area contributed by atoms with E-state index in [1.54, 1.807) is 0 Å². The SMILES string of the molecule is CC(=O)OC1C(Oc2c(-c3ccc(O)cc3)oc3cc(OC4OC(C)C(O)C(O)C4O)cc(O)c3c2=O)OC(C)C(O)C1OC(C)=O. The number of hydrogen-bond donors (Lipinski definition) is 6. The van der Waals surface area contributed by atoms with Crippen LogP contribution in [0.5, 0.6) is 23.0 Å². The van der Waals surface area contributed by atoms with Crippen molar-refractivity contribution in [3.8, 4) is 34.3 Å². The van der Waals surface area contributed by atoms with Crippen LogP contribution in [0.25, 0.3) is 22.3 Å². The molecule has 3 heterocycles. The molecule has 2 aromatic carbocycles. The van der Waals surface area contributed by atoms with Gasteiger partial charge in [0.1, 0.15) is 52.6 Å². The second-order valence-electron chi connectivity index (χ2n) is 11.2. The molecule has 0 bridgehead atoms. The summed E-state index contributed by atoms with van der Waals surface area (Å²) in [7, 11) is 0. The average molecular weight is 663 g/mol. The van der Waals surface area contributed by atoms with Gasteiger partial charge < -0.3 is 63.5 Å². The molecular weight excluding hydrogens is 628 g/mol. The topological polar surface area (TPSA) is 241 Å². The van der Waals surface area contributed by atoms with E-state index in [-0.39, 0.29) is 28.4 Å². The molecule has 2 saturated heterocycles. The van der Waals surface area contributed by atoms with Crippen molar-refractivity contribution in [1.29, 1.82) is 0 Å². The predicted molar refractivity (Wildman–Crippen MR) is 156 cm³/mol. The maximum atomic E-state index is 14.0. The lowest BCUT2D eigenvalue weighted by molar-refractivity contribution is -0.277. The first-order chi connectivity index (χ1) is 22.2. The summed E-state index contributed by atoms with van der Waals surface area (Å²) >= 11 is 0. The van der Waals surface area contributed by atoms with E-state index in [9.17, 15) is 45.0 Å². The van der Waals surface area contributed by atoms with Gasteiger partial charge in [0, 0.05) is 31.5 Å². The number of aromatic hydroxyl groups is 2. The Bertz CT molecular complexity index is 1690. The fourth-order valence-electron chi connectivity index (χ4n) is 5.32. The van der Waals surface area contributed by atoms with Crippen LogP contribution in [0.15, 0.2) is 45.6 Å². The van der Waals surface area contributed by atoms with Crippen LogP contribution in [0.4, 0.5) is 0 Å². The van der Waals surface area contributed by atoms with Crippen LogP contribution in [0.2, 0.25) is 0 Å². The van der Waals surface area contributed by atoms with Crippen molar-refractivity contribution in [2.45, 2.75) is 89.1 Å². The predicted octanol–water partition coefficient (Wildman–Crippen LogP) is 0.425. The van der Waals surface area contributed by atoms with E-state index in [2.05, 4.69) is 0 Å². The normalized spacial score (nSPS) is 30.8. The van der Waals surface area contributed by atoms with Crippen molar-refractivity contribution in [3.05, 3.63) is 46.6 Å². The van der Waals surface area contributed by atoms with Gasteiger partial charge in [-0.25, -0.2) is 0 Å². The molecule has 6 N–H and O–H groups in total. The lowest BCUT2D eigenvalue weighted by Gasteiger charge is -2.41. The molecule has 254 valence electrons. The van der Waals surface area contributed by atoms with Gasteiger partial charge in [-0.05, 0) is 38.1 Å². The van der Waals surface area contributed by atoms with E-state index in [4.69, 9.17) is 32.8 Å². The zero-order valence-corrected chi connectivity index (χ0v) is 25.5. The number of aliphatic hydroxyl groups is 4. The van der Waals surface area contributed by atoms with Crippen LogP contribution in [-0.4, -0.2) is 104 Å². The summed E-state index contributed by atoms with van der Waals surface area (Å²) in [4.78, 5) is 37.9. The number of hydrogen-bond acceptors (Lipinski definition) is 16. The van der Waals surface area contributed by atoms with E-state index in [1.807, 2.05) is 0 Å². The molecule has 3 aromatic rings. The number of rotatable bonds is 7. The molecule has 0 amide bonds. The van der Waals surface area contributed by atoms with Gasteiger partial charge in [-0.15, -0.1) is 0 Å². The van der Waals surface area contributed by atoms with Gasteiger partial charge in [-0.2, -0.15) is 0 Å². The molecule has 1 aromatic heterocycles. The Morgan fingerprint density at radius 3 is 1.98 bits per heavy atom. The minimum atomic E-state index is -1.67. The van der Waals surface area contributed by atoms with Gasteiger partial charge in [0.05, 0.1) is 12.2 Å². The van der Waals surface area contributed by atoms with Gasteiger partial charge in [0.25, 0.3) is 0 Å². The maximum absolute atomic E-state index is 14.0. The smallest absolute Gasteiger partial charge is 0.303 e. The van der Waals surface area contributed by atoms with Crippen molar-refractivity contribution >= 4 is 22.9 Å². The highest BCUT2D eigenvalue weighted by atomic mass is 16.7. The first kappa shape index (κ1) is 33.9. The molecule has 0 saturated carbocycles. The molecule has 16 nitrogen and oxygen atoms in total. The van der Waals surface area contributed by atoms with Crippen molar-refractivity contribution in [3.63, 3.8) is 0 Å². The summed E-state index contributed by atoms with van der Waals surface area (Å²) in [6, 6.07) is 7.62. The largest absolute Gasteiger partial charge is 0.508 e. The van der Waals surface area contributed by atoms with Gasteiger partial charge in [0.2, 0.25) is 29.9 Å². The molecule has 10 unspecified atom stereocenters. The number of ether oxygens (including phenoxy) is 6. The van der Waals surface area contributed by atoms with E-state index < -0.39 is 95.7 Å². The van der Waals surface area contributed by atoms with E-state index in [1.165, 1.54) is 44.2 Å². The van der Waals surface area contributed by atoms with Gasteiger partial charge in [-0.3, -0.25) is 14.4 Å². The van der Waals surface area contributed by atoms with Crippen LogP contribution in [-0.2, 0) is 28.5 Å². The standard InChI is InChI=1S/C31H34O16/c1-11-21(36)24(39)25(40)30(41-11)45-17-9-18(35)20-19(10-17)46-26(15-5-7-16(34)8-6-15)28(23(20)38)47-31-29(44-14(4)33)27(43-13(3)32)22(37)12(2)42-31/h5-12,21-22,24-25,27,29-31,34-37,39-40H,1-4H3. The van der Waals surface area contributed by atoms with E-state index in [0.717, 1.165) is 19.9 Å². The molecule has 5 rings (SSSR count). The van der Waals surface area contributed by atoms with Crippen molar-refractivity contribution in [2.24, 2.45) is 0 Å². The fraction of sp³-hybridized carbons (Fsp3) is 0.452. The lowest BCUT2D eigenvalue weighted by Crippen LogP contribution is -2.61. The number of phenolic OH excluding ortho intramolecular Hbond substituents is 2. The van der Waals surface area contributed by atoms with Crippen molar-refractivity contribution < 1.29 is 73.1 Å². The number of carbonyl (C=O) groups is 2. The number of phenols is 2. The quantitative estimate of drug-likeness (QED) is 0.188. The molecule has 0 spiro atoms. The van der Waals surface area contributed by atoms with Crippen LogP contribution in [0.3, 0.4) is 0 Å². The third-order valence-electron chi connectivity index (χ3n) is 7.69. The summed E-state index contributed by atoms with van der Waals surface area (Å²) < 4.78 is 39.5. The van der Waals surface area contributed by atoms with Crippen LogP contribution >= 0.6 is 0 Å². The summed E-state index contributed by atoms with van der Waals surface area (Å²) in [5, 5.41) is 61.7. The molecule has 0 radical (unpaired) electrons. The Labute approximate surface area is 266 Å². The molecule has 10 atom stereocenters. The highest BCUT2D eigenvalue weighted by Crippen LogP contribution is 2.39. The van der Waals surface area contributed by atoms with E-state index in [0.29, 0.717) is 0 Å². The minimum absolute atomic E-state index is 0.113. The summed E-state index contributed by atoms with van der Waals surface area (Å²) in [6.45, 7) is 5.04. The Kier molecular flexibility index (Phi) is 9.63. The van der Waals surface area contributed by atoms with Crippen LogP contribution < -0.4 is 14.9 Å². The van der Waals surface area contributed by atoms with Crippen LogP contribution in [0.1, 0.15) is 27.7 Å². The number of fused-ring (bicyclic) bond motifs is 1. The summed E-state index contributed by atoms with van der Waals surface area (Å²) in [6.07, 6.45) is -14.2. The van der Waals surface area contributed by atoms with Gasteiger partial charge in [-0.1, -0.05) is 0 Å². The zero-order chi connectivity index (χ0) is 34.3. The first-order valence-electron chi connectivity index (χ1n) is 14.5. The minimum Gasteiger partial charge on any atom is -0.508 e. The number of carbonyl (C=O) groups excluding carboxylic acids is 2. The summed E-state index contributed by atoms with van der Waals surface area (Å²) in [5.74, 6) is -3.36. The lowest BCUT2D eigenvalue weighted by atomic mass is 9.99. The molecule has 16 heteroatoms. The Morgan fingerprint density at radius 2 is 1.34 bits per heavy atom. The average Bonchev–Trinajstić information content (AvgIpc) is 3.00. The maximum Gasteiger partial charge on any atom is 0.303 e. The zero-order valence-electron chi connectivity index (χ0n) is 25.5. The Balaban J connectivity index is 1.61. The second kappa shape index (κ2) is 13.3. The first-order valence-corrected chi connectivity index (χ1v) is 14.5. The monoisotopic (exact) mass is 662 g/mol. The Hall–Kier alpha value is -4.45. The van der Waals surface area contributed by atoms with Crippen molar-refractivity contribution in [2.75, 3.05) is 0 Å². The fourth-order valence-corrected chi connectivity index (χ4v) is 5.32. The molecule has 2 fully saturated rings. The summed E-state index contributed by atoms with van der Waals surface area (Å²) in [5.41, 5.74) is -0.974. The van der Waals surface area contributed by atoms with E-state index >= 15 is 0 Å². The van der Waals surface area contributed by atoms with Crippen LogP contribution in [0, 0.1) is 0 Å². The third-order valence-corrected chi connectivity index (χ3v) is 7.69. The highest BCUT2D eigenvalue weighted by molar-refractivity contribution is 5.88.